The highest BCUT2D eigenvalue weighted by atomic mass is 19.2. The van der Waals surface area contributed by atoms with E-state index >= 15 is 0 Å². The Morgan fingerprint density at radius 1 is 0.686 bits per heavy atom. The minimum atomic E-state index is -2.16. The second-order valence-electron chi connectivity index (χ2n) is 8.09. The first-order chi connectivity index (χ1) is 17.0. The van der Waals surface area contributed by atoms with Crippen LogP contribution in [0.2, 0.25) is 0 Å². The van der Waals surface area contributed by atoms with Gasteiger partial charge in [0.05, 0.1) is 33.0 Å². The highest BCUT2D eigenvalue weighted by molar-refractivity contribution is 5.24. The molecule has 0 saturated carbocycles. The molecule has 1 saturated heterocycles. The number of rotatable bonds is 6. The largest absolute Gasteiger partial charge is 0.380 e. The first-order valence-electron chi connectivity index (χ1n) is 12.0. The summed E-state index contributed by atoms with van der Waals surface area (Å²) in [5, 5.41) is 6.51. The molecule has 1 aromatic carbocycles. The van der Waals surface area contributed by atoms with E-state index in [-0.39, 0.29) is 13.2 Å². The smallest absolute Gasteiger partial charge is 0.200 e. The molecule has 0 aliphatic carbocycles. The van der Waals surface area contributed by atoms with E-state index in [0.717, 1.165) is 19.6 Å². The Kier molecular flexibility index (Phi) is 14.6. The molecule has 0 amide bonds. The molecule has 1 aromatic rings. The van der Waals surface area contributed by atoms with Crippen LogP contribution in [-0.4, -0.2) is 108 Å². The summed E-state index contributed by atoms with van der Waals surface area (Å²) in [6, 6.07) is 0. The van der Waals surface area contributed by atoms with Gasteiger partial charge in [0.1, 0.15) is 0 Å². The first-order valence-corrected chi connectivity index (χ1v) is 12.0. The van der Waals surface area contributed by atoms with Crippen LogP contribution >= 0.6 is 0 Å². The lowest BCUT2D eigenvalue weighted by Gasteiger charge is -2.28. The number of ether oxygens (including phenoxy) is 3. The van der Waals surface area contributed by atoms with Gasteiger partial charge in [-0.2, -0.15) is 0 Å². The molecule has 0 aromatic heterocycles. The Morgan fingerprint density at radius 2 is 1.20 bits per heavy atom. The Hall–Kier alpha value is -1.41. The second kappa shape index (κ2) is 17.1. The number of hydrogen-bond acceptors (Lipinski definition) is 7. The molecule has 0 radical (unpaired) electrons. The van der Waals surface area contributed by atoms with Crippen LogP contribution in [0.3, 0.4) is 0 Å². The zero-order valence-corrected chi connectivity index (χ0v) is 20.3. The molecular formula is C23H37F5N4O3. The summed E-state index contributed by atoms with van der Waals surface area (Å²) in [7, 11) is 0. The summed E-state index contributed by atoms with van der Waals surface area (Å²) in [4.78, 5) is 3.72. The fraction of sp³-hybridized carbons (Fsp3) is 0.739. The predicted octanol–water partition coefficient (Wildman–Crippen LogP) is 1.75. The molecular weight excluding hydrogens is 475 g/mol. The lowest BCUT2D eigenvalue weighted by Crippen LogP contribution is -2.40. The lowest BCUT2D eigenvalue weighted by atomic mass is 10.1. The molecule has 7 nitrogen and oxygen atoms in total. The summed E-state index contributed by atoms with van der Waals surface area (Å²) in [6.45, 7) is 9.51. The molecule has 2 rings (SSSR count). The van der Waals surface area contributed by atoms with Crippen molar-refractivity contribution >= 4 is 0 Å². The van der Waals surface area contributed by atoms with Crippen molar-refractivity contribution in [3.05, 3.63) is 34.6 Å². The molecule has 1 fully saturated rings. The SMILES string of the molecule is CCOCCN1CCOCCNCCNCCOCCN(Cc2c(F)c(F)c(F)c(F)c2F)CC1. The van der Waals surface area contributed by atoms with Crippen molar-refractivity contribution < 1.29 is 36.2 Å². The van der Waals surface area contributed by atoms with E-state index in [9.17, 15) is 22.0 Å². The predicted molar refractivity (Wildman–Crippen MR) is 122 cm³/mol. The number of nitrogens with one attached hydrogen (secondary N) is 2. The fourth-order valence-corrected chi connectivity index (χ4v) is 3.55. The third kappa shape index (κ3) is 10.6. The molecule has 1 aliphatic rings. The van der Waals surface area contributed by atoms with Crippen molar-refractivity contribution in [3.63, 3.8) is 0 Å². The summed E-state index contributed by atoms with van der Waals surface area (Å²) in [6.07, 6.45) is 0. The van der Waals surface area contributed by atoms with Crippen LogP contribution in [0.25, 0.3) is 0 Å². The van der Waals surface area contributed by atoms with E-state index in [2.05, 4.69) is 15.5 Å². The number of benzene rings is 1. The quantitative estimate of drug-likeness (QED) is 0.261. The number of hydrogen-bond donors (Lipinski definition) is 2. The lowest BCUT2D eigenvalue weighted by molar-refractivity contribution is 0.0658. The topological polar surface area (TPSA) is 58.2 Å². The molecule has 202 valence electrons. The zero-order chi connectivity index (χ0) is 25.5. The second-order valence-corrected chi connectivity index (χ2v) is 8.09. The van der Waals surface area contributed by atoms with Gasteiger partial charge in [-0.1, -0.05) is 0 Å². The summed E-state index contributed by atoms with van der Waals surface area (Å²) >= 11 is 0. The van der Waals surface area contributed by atoms with Gasteiger partial charge < -0.3 is 24.8 Å². The van der Waals surface area contributed by atoms with E-state index in [1.807, 2.05) is 6.92 Å². The van der Waals surface area contributed by atoms with Gasteiger partial charge in [-0.25, -0.2) is 22.0 Å². The van der Waals surface area contributed by atoms with Gasteiger partial charge in [0.25, 0.3) is 0 Å². The minimum Gasteiger partial charge on any atom is -0.380 e. The van der Waals surface area contributed by atoms with E-state index in [4.69, 9.17) is 14.2 Å². The van der Waals surface area contributed by atoms with Gasteiger partial charge >= 0.3 is 0 Å². The van der Waals surface area contributed by atoms with E-state index in [0.29, 0.717) is 65.8 Å². The molecule has 0 atom stereocenters. The van der Waals surface area contributed by atoms with Crippen molar-refractivity contribution in [1.29, 1.82) is 0 Å². The van der Waals surface area contributed by atoms with Crippen molar-refractivity contribution in [2.75, 3.05) is 98.5 Å². The van der Waals surface area contributed by atoms with E-state index < -0.39 is 41.2 Å². The number of nitrogens with zero attached hydrogens (tertiary/aromatic N) is 2. The van der Waals surface area contributed by atoms with Crippen LogP contribution in [0.15, 0.2) is 0 Å². The van der Waals surface area contributed by atoms with Crippen LogP contribution in [0, 0.1) is 29.1 Å². The van der Waals surface area contributed by atoms with Crippen LogP contribution < -0.4 is 10.6 Å². The fourth-order valence-electron chi connectivity index (χ4n) is 3.55. The van der Waals surface area contributed by atoms with Crippen molar-refractivity contribution in [2.45, 2.75) is 13.5 Å². The highest BCUT2D eigenvalue weighted by Crippen LogP contribution is 2.24. The van der Waals surface area contributed by atoms with Crippen LogP contribution in [-0.2, 0) is 20.8 Å². The molecule has 0 unspecified atom stereocenters. The monoisotopic (exact) mass is 512 g/mol. The van der Waals surface area contributed by atoms with Crippen molar-refractivity contribution in [3.8, 4) is 0 Å². The zero-order valence-electron chi connectivity index (χ0n) is 20.3. The van der Waals surface area contributed by atoms with Gasteiger partial charge in [-0.15, -0.1) is 0 Å². The van der Waals surface area contributed by atoms with Gasteiger partial charge in [0.15, 0.2) is 23.3 Å². The maximum Gasteiger partial charge on any atom is 0.200 e. The van der Waals surface area contributed by atoms with Gasteiger partial charge in [-0.3, -0.25) is 9.80 Å². The Morgan fingerprint density at radius 3 is 1.77 bits per heavy atom. The summed E-state index contributed by atoms with van der Waals surface area (Å²) < 4.78 is 86.3. The molecule has 12 heteroatoms. The molecule has 0 bridgehead atoms. The molecule has 0 spiro atoms. The summed E-state index contributed by atoms with van der Waals surface area (Å²) in [5.41, 5.74) is -0.845. The Labute approximate surface area is 203 Å². The molecule has 35 heavy (non-hydrogen) atoms. The standard InChI is InChI=1S/C23H37F5N4O3/c1-2-33-14-9-31-7-8-32(17-18-19(24)21(26)23(28)22(27)20(18)25)11-16-35-13-6-30-4-3-29-5-12-34-15-10-31/h29-30H,2-17H2,1H3. The maximum absolute atomic E-state index is 14.3. The van der Waals surface area contributed by atoms with Crippen LogP contribution in [0.1, 0.15) is 12.5 Å². The van der Waals surface area contributed by atoms with E-state index in [1.54, 1.807) is 4.90 Å². The third-order valence-electron chi connectivity index (χ3n) is 5.60. The average Bonchev–Trinajstić information content (AvgIpc) is 2.86. The van der Waals surface area contributed by atoms with Gasteiger partial charge in [0, 0.05) is 77.6 Å². The normalized spacial score (nSPS) is 19.4. The molecule has 2 N–H and O–H groups in total. The molecule has 1 heterocycles. The van der Waals surface area contributed by atoms with Crippen molar-refractivity contribution in [1.82, 2.24) is 20.4 Å². The van der Waals surface area contributed by atoms with Crippen LogP contribution in [0.5, 0.6) is 0 Å². The Bertz CT molecular complexity index is 719. The highest BCUT2D eigenvalue weighted by Gasteiger charge is 2.27. The molecule has 1 aliphatic heterocycles. The number of halogens is 5. The van der Waals surface area contributed by atoms with E-state index in [1.165, 1.54) is 0 Å². The maximum atomic E-state index is 14.3. The average molecular weight is 513 g/mol. The van der Waals surface area contributed by atoms with Gasteiger partial charge in [0.2, 0.25) is 5.82 Å². The summed E-state index contributed by atoms with van der Waals surface area (Å²) in [5.74, 6) is -9.64. The third-order valence-corrected chi connectivity index (χ3v) is 5.60. The Balaban J connectivity index is 2.10. The minimum absolute atomic E-state index is 0.247. The first kappa shape index (κ1) is 29.8. The van der Waals surface area contributed by atoms with Gasteiger partial charge in [-0.05, 0) is 6.92 Å². The van der Waals surface area contributed by atoms with Crippen LogP contribution in [0.4, 0.5) is 22.0 Å². The van der Waals surface area contributed by atoms with Crippen molar-refractivity contribution in [2.24, 2.45) is 0 Å².